The van der Waals surface area contributed by atoms with E-state index in [0.29, 0.717) is 5.56 Å². The zero-order valence-corrected chi connectivity index (χ0v) is 11.3. The van der Waals surface area contributed by atoms with E-state index in [1.165, 1.54) is 12.0 Å². The molecule has 0 bridgehead atoms. The molecule has 19 heavy (non-hydrogen) atoms. The Morgan fingerprint density at radius 1 is 1.37 bits per heavy atom. The number of nitrogens with zero attached hydrogens (tertiary/aromatic N) is 2. The molecule has 2 atom stereocenters. The molecule has 1 N–H and O–H groups in total. The molecule has 3 rings (SSSR count). The highest BCUT2D eigenvalue weighted by Crippen LogP contribution is 2.29. The zero-order valence-electron chi connectivity index (χ0n) is 11.3. The molecule has 1 saturated carbocycles. The van der Waals surface area contributed by atoms with E-state index in [2.05, 4.69) is 16.4 Å². The molecule has 2 unspecified atom stereocenters. The molecule has 1 aromatic rings. The van der Waals surface area contributed by atoms with E-state index in [1.54, 1.807) is 7.11 Å². The van der Waals surface area contributed by atoms with Gasteiger partial charge in [-0.2, -0.15) is 5.26 Å². The summed E-state index contributed by atoms with van der Waals surface area (Å²) in [5, 5.41) is 12.7. The van der Waals surface area contributed by atoms with Crippen molar-refractivity contribution in [3.05, 3.63) is 22.9 Å². The molecule has 100 valence electrons. The Morgan fingerprint density at radius 3 is 3.05 bits per heavy atom. The summed E-state index contributed by atoms with van der Waals surface area (Å²) in [6.07, 6.45) is 6.82. The van der Waals surface area contributed by atoms with Crippen LogP contribution < -0.4 is 5.32 Å². The third-order valence-electron chi connectivity index (χ3n) is 4.25. The van der Waals surface area contributed by atoms with Crippen LogP contribution in [0.1, 0.15) is 42.5 Å². The largest absolute Gasteiger partial charge is 0.379 e. The molecule has 0 aliphatic heterocycles. The Bertz CT molecular complexity index is 521. The lowest BCUT2D eigenvalue weighted by Gasteiger charge is -2.21. The van der Waals surface area contributed by atoms with E-state index >= 15 is 0 Å². The van der Waals surface area contributed by atoms with Crippen molar-refractivity contribution in [3.63, 3.8) is 0 Å². The first-order valence-electron chi connectivity index (χ1n) is 7.04. The van der Waals surface area contributed by atoms with Crippen molar-refractivity contribution in [1.82, 2.24) is 4.98 Å². The van der Waals surface area contributed by atoms with Crippen LogP contribution in [0.4, 0.5) is 5.82 Å². The lowest BCUT2D eigenvalue weighted by Crippen LogP contribution is -2.30. The molecular weight excluding hydrogens is 238 g/mol. The molecule has 2 aliphatic carbocycles. The molecule has 0 aromatic carbocycles. The van der Waals surface area contributed by atoms with Gasteiger partial charge >= 0.3 is 0 Å². The van der Waals surface area contributed by atoms with Gasteiger partial charge in [-0.15, -0.1) is 0 Å². The molecule has 2 aliphatic rings. The molecule has 0 spiro atoms. The van der Waals surface area contributed by atoms with Gasteiger partial charge < -0.3 is 10.1 Å². The van der Waals surface area contributed by atoms with Crippen molar-refractivity contribution in [1.29, 1.82) is 5.26 Å². The van der Waals surface area contributed by atoms with Gasteiger partial charge in [0.05, 0.1) is 17.7 Å². The average Bonchev–Trinajstić information content (AvgIpc) is 3.05. The molecule has 0 radical (unpaired) electrons. The molecular formula is C15H19N3O. The van der Waals surface area contributed by atoms with Crippen LogP contribution >= 0.6 is 0 Å². The van der Waals surface area contributed by atoms with E-state index in [9.17, 15) is 5.26 Å². The minimum atomic E-state index is 0.238. The number of hydrogen-bond donors (Lipinski definition) is 1. The van der Waals surface area contributed by atoms with Crippen LogP contribution in [-0.2, 0) is 17.6 Å². The minimum Gasteiger partial charge on any atom is -0.379 e. The van der Waals surface area contributed by atoms with Gasteiger partial charge in [-0.1, -0.05) is 0 Å². The highest BCUT2D eigenvalue weighted by atomic mass is 16.5. The van der Waals surface area contributed by atoms with Gasteiger partial charge in [-0.25, -0.2) is 4.98 Å². The van der Waals surface area contributed by atoms with Gasteiger partial charge in [0.1, 0.15) is 11.9 Å². The second-order valence-electron chi connectivity index (χ2n) is 5.41. The molecule has 1 fully saturated rings. The van der Waals surface area contributed by atoms with Crippen LogP contribution in [0.3, 0.4) is 0 Å². The van der Waals surface area contributed by atoms with Gasteiger partial charge in [-0.3, -0.25) is 0 Å². The van der Waals surface area contributed by atoms with Gasteiger partial charge in [0.2, 0.25) is 0 Å². The number of nitrogens with one attached hydrogen (secondary N) is 1. The summed E-state index contributed by atoms with van der Waals surface area (Å²) in [5.41, 5.74) is 3.08. The van der Waals surface area contributed by atoms with Crippen LogP contribution in [0.5, 0.6) is 0 Å². The molecule has 0 amide bonds. The summed E-state index contributed by atoms with van der Waals surface area (Å²) < 4.78 is 5.49. The van der Waals surface area contributed by atoms with Crippen molar-refractivity contribution in [2.45, 2.75) is 50.7 Å². The number of methoxy groups -OCH3 is 1. The summed E-state index contributed by atoms with van der Waals surface area (Å²) in [4.78, 5) is 4.67. The van der Waals surface area contributed by atoms with Crippen LogP contribution in [-0.4, -0.2) is 24.2 Å². The summed E-state index contributed by atoms with van der Waals surface area (Å²) in [5.74, 6) is 0.747. The van der Waals surface area contributed by atoms with Crippen molar-refractivity contribution in [2.75, 3.05) is 12.4 Å². The number of anilines is 1. The maximum Gasteiger partial charge on any atom is 0.144 e. The number of nitriles is 1. The lowest BCUT2D eigenvalue weighted by molar-refractivity contribution is 0.101. The topological polar surface area (TPSA) is 57.9 Å². The van der Waals surface area contributed by atoms with Crippen molar-refractivity contribution < 1.29 is 4.74 Å². The summed E-state index contributed by atoms with van der Waals surface area (Å²) >= 11 is 0. The third-order valence-corrected chi connectivity index (χ3v) is 4.25. The quantitative estimate of drug-likeness (QED) is 0.903. The van der Waals surface area contributed by atoms with Gasteiger partial charge in [0, 0.05) is 12.8 Å². The Hall–Kier alpha value is -1.60. The summed E-state index contributed by atoms with van der Waals surface area (Å²) in [6.45, 7) is 0. The van der Waals surface area contributed by atoms with Crippen molar-refractivity contribution >= 4 is 5.82 Å². The Labute approximate surface area is 113 Å². The SMILES string of the molecule is COC1CCCC1Nc1nc2c(cc1C#N)CCC2. The van der Waals surface area contributed by atoms with E-state index < -0.39 is 0 Å². The van der Waals surface area contributed by atoms with Crippen molar-refractivity contribution in [2.24, 2.45) is 0 Å². The number of rotatable bonds is 3. The van der Waals surface area contributed by atoms with E-state index in [1.807, 2.05) is 6.07 Å². The molecule has 0 saturated heterocycles. The zero-order chi connectivity index (χ0) is 13.2. The number of pyridine rings is 1. The fraction of sp³-hybridized carbons (Fsp3) is 0.600. The Kier molecular flexibility index (Phi) is 3.39. The van der Waals surface area contributed by atoms with Crippen LogP contribution in [0.15, 0.2) is 6.07 Å². The summed E-state index contributed by atoms with van der Waals surface area (Å²) in [7, 11) is 1.76. The van der Waals surface area contributed by atoms with Crippen LogP contribution in [0.2, 0.25) is 0 Å². The summed E-state index contributed by atoms with van der Waals surface area (Å²) in [6, 6.07) is 4.56. The molecule has 4 nitrogen and oxygen atoms in total. The average molecular weight is 257 g/mol. The second kappa shape index (κ2) is 5.18. The number of hydrogen-bond acceptors (Lipinski definition) is 4. The molecule has 1 heterocycles. The predicted molar refractivity (Wildman–Crippen MR) is 73.0 cm³/mol. The second-order valence-corrected chi connectivity index (χ2v) is 5.41. The first-order chi connectivity index (χ1) is 9.31. The smallest absolute Gasteiger partial charge is 0.144 e. The molecule has 4 heteroatoms. The lowest BCUT2D eigenvalue weighted by atomic mass is 10.1. The number of fused-ring (bicyclic) bond motifs is 1. The highest BCUT2D eigenvalue weighted by Gasteiger charge is 2.28. The Morgan fingerprint density at radius 2 is 2.26 bits per heavy atom. The standard InChI is InChI=1S/C15H19N3O/c1-19-14-7-3-6-13(14)18-15-11(9-16)8-10-4-2-5-12(10)17-15/h8,13-14H,2-7H2,1H3,(H,17,18). The van der Waals surface area contributed by atoms with Crippen LogP contribution in [0, 0.1) is 11.3 Å². The minimum absolute atomic E-state index is 0.238. The number of aryl methyl sites for hydroxylation is 2. The third kappa shape index (κ3) is 2.31. The Balaban J connectivity index is 1.86. The maximum absolute atomic E-state index is 9.29. The normalized spacial score (nSPS) is 25.1. The monoisotopic (exact) mass is 257 g/mol. The molecule has 1 aromatic heterocycles. The fourth-order valence-electron chi connectivity index (χ4n) is 3.22. The van der Waals surface area contributed by atoms with E-state index in [0.717, 1.165) is 43.6 Å². The fourth-order valence-corrected chi connectivity index (χ4v) is 3.22. The first kappa shape index (κ1) is 12.4. The maximum atomic E-state index is 9.29. The van der Waals surface area contributed by atoms with Gasteiger partial charge in [0.15, 0.2) is 0 Å². The number of aromatic nitrogens is 1. The van der Waals surface area contributed by atoms with Crippen molar-refractivity contribution in [3.8, 4) is 6.07 Å². The van der Waals surface area contributed by atoms with E-state index in [-0.39, 0.29) is 12.1 Å². The number of ether oxygens (including phenoxy) is 1. The predicted octanol–water partition coefficient (Wildman–Crippen LogP) is 2.42. The van der Waals surface area contributed by atoms with E-state index in [4.69, 9.17) is 4.74 Å². The van der Waals surface area contributed by atoms with Crippen LogP contribution in [0.25, 0.3) is 0 Å². The van der Waals surface area contributed by atoms with Gasteiger partial charge in [0.25, 0.3) is 0 Å². The first-order valence-corrected chi connectivity index (χ1v) is 7.04. The van der Waals surface area contributed by atoms with Gasteiger partial charge in [-0.05, 0) is 50.2 Å². The highest BCUT2D eigenvalue weighted by molar-refractivity contribution is 5.55.